The molecule has 0 spiro atoms. The Labute approximate surface area is 255 Å². The topological polar surface area (TPSA) is 96.3 Å². The fourth-order valence-electron chi connectivity index (χ4n) is 6.72. The van der Waals surface area contributed by atoms with Gasteiger partial charge in [-0.15, -0.1) is 0 Å². The lowest BCUT2D eigenvalue weighted by Crippen LogP contribution is -2.46. The standard InChI is InChI=1S/C31H30BF6NO6/c1-16(8-17-4-3-5-22(40)9-17)6-7-25-26-18(15-44-2)10-23-27(24(26)14-32(43)45-25)29(42)39(28(23)41)21-12-19(30(33,34)35)11-20(13-21)31(36,37)38/h3-5,8-9,11-13,23-25,27,40,43H,6-7,10,14-15H2,1-2H3/b16-8+/t23-,24+,25-,27-/m1/s1. The number of benzene rings is 2. The van der Waals surface area contributed by atoms with Gasteiger partial charge in [0, 0.05) is 7.11 Å². The summed E-state index contributed by atoms with van der Waals surface area (Å²) in [7, 11) is 0.101. The minimum absolute atomic E-state index is 0.00935. The molecule has 3 aliphatic rings. The average molecular weight is 637 g/mol. The number of phenolic OH excluding ortho intramolecular Hbond substituents is 1. The summed E-state index contributed by atoms with van der Waals surface area (Å²) in [6, 6.07) is 7.34. The fourth-order valence-corrected chi connectivity index (χ4v) is 6.72. The molecule has 0 saturated carbocycles. The predicted molar refractivity (Wildman–Crippen MR) is 152 cm³/mol. The van der Waals surface area contributed by atoms with Crippen LogP contribution in [0.25, 0.3) is 6.08 Å². The third kappa shape index (κ3) is 6.68. The Bertz CT molecular complexity index is 1520. The first kappa shape index (κ1) is 32.8. The molecule has 0 bridgehead atoms. The van der Waals surface area contributed by atoms with Gasteiger partial charge in [-0.2, -0.15) is 26.3 Å². The Hall–Kier alpha value is -3.62. The molecule has 5 rings (SSSR count). The number of carbonyl (C=O) groups is 2. The van der Waals surface area contributed by atoms with Gasteiger partial charge in [-0.3, -0.25) is 9.59 Å². The first-order valence-electron chi connectivity index (χ1n) is 14.3. The van der Waals surface area contributed by atoms with Crippen LogP contribution in [0.15, 0.2) is 59.2 Å². The summed E-state index contributed by atoms with van der Waals surface area (Å²) < 4.78 is 92.8. The minimum atomic E-state index is -5.17. The second-order valence-corrected chi connectivity index (χ2v) is 11.7. The quantitative estimate of drug-likeness (QED) is 0.161. The molecular formula is C31H30BF6NO6. The number of hydrogen-bond acceptors (Lipinski definition) is 6. The van der Waals surface area contributed by atoms with Gasteiger partial charge in [0.05, 0.1) is 41.4 Å². The third-order valence-electron chi connectivity index (χ3n) is 8.54. The van der Waals surface area contributed by atoms with Crippen LogP contribution in [-0.4, -0.2) is 48.9 Å². The Morgan fingerprint density at radius 1 is 1.04 bits per heavy atom. The number of rotatable bonds is 7. The Balaban J connectivity index is 1.48. The summed E-state index contributed by atoms with van der Waals surface area (Å²) >= 11 is 0. The van der Waals surface area contributed by atoms with Gasteiger partial charge in [0.2, 0.25) is 11.8 Å². The zero-order valence-electron chi connectivity index (χ0n) is 24.3. The van der Waals surface area contributed by atoms with Gasteiger partial charge in [0.15, 0.2) is 0 Å². The van der Waals surface area contributed by atoms with E-state index >= 15 is 0 Å². The number of nitrogens with zero attached hydrogens (tertiary/aromatic N) is 1. The van der Waals surface area contributed by atoms with Gasteiger partial charge < -0.3 is 19.5 Å². The molecule has 45 heavy (non-hydrogen) atoms. The number of halogens is 6. The van der Waals surface area contributed by atoms with Crippen molar-refractivity contribution in [3.63, 3.8) is 0 Å². The molecule has 0 unspecified atom stereocenters. The number of phenols is 1. The lowest BCUT2D eigenvalue weighted by atomic mass is 9.58. The number of fused-ring (bicyclic) bond motifs is 3. The molecule has 0 radical (unpaired) electrons. The highest BCUT2D eigenvalue weighted by molar-refractivity contribution is 6.43. The molecule has 2 saturated heterocycles. The molecule has 2 aliphatic heterocycles. The Morgan fingerprint density at radius 2 is 1.71 bits per heavy atom. The minimum Gasteiger partial charge on any atom is -0.508 e. The van der Waals surface area contributed by atoms with Crippen LogP contribution >= 0.6 is 0 Å². The van der Waals surface area contributed by atoms with Gasteiger partial charge in [0.1, 0.15) is 5.75 Å². The maximum absolute atomic E-state index is 13.8. The van der Waals surface area contributed by atoms with E-state index in [1.165, 1.54) is 7.11 Å². The maximum Gasteiger partial charge on any atom is 0.455 e. The number of alkyl halides is 6. The second kappa shape index (κ2) is 12.3. The van der Waals surface area contributed by atoms with Crippen LogP contribution in [0.3, 0.4) is 0 Å². The summed E-state index contributed by atoms with van der Waals surface area (Å²) in [4.78, 5) is 27.9. The summed E-state index contributed by atoms with van der Waals surface area (Å²) in [5.74, 6) is -4.68. The van der Waals surface area contributed by atoms with E-state index in [0.717, 1.165) is 11.1 Å². The van der Waals surface area contributed by atoms with Gasteiger partial charge in [-0.25, -0.2) is 4.90 Å². The number of aromatic hydroxyl groups is 1. The van der Waals surface area contributed by atoms with Crippen LogP contribution in [0.2, 0.25) is 6.32 Å². The van der Waals surface area contributed by atoms with E-state index < -0.39 is 72.0 Å². The summed E-state index contributed by atoms with van der Waals surface area (Å²) in [5, 5.41) is 20.4. The lowest BCUT2D eigenvalue weighted by molar-refractivity contribution is -0.143. The zero-order chi connectivity index (χ0) is 32.8. The molecule has 0 aromatic heterocycles. The Morgan fingerprint density at radius 3 is 2.31 bits per heavy atom. The SMILES string of the molecule is COCC1=C2[C@@H](CC/C(C)=C/c3cccc(O)c3)OB(O)C[C@@H]2[C@@H]2C(=O)N(c3cc(C(F)(F)F)cc(C(F)(F)F)c3)C(=O)[C@@H]2C1. The average Bonchev–Trinajstić information content (AvgIpc) is 3.19. The van der Waals surface area contributed by atoms with E-state index in [1.807, 2.05) is 19.1 Å². The highest BCUT2D eigenvalue weighted by Gasteiger charge is 2.58. The van der Waals surface area contributed by atoms with E-state index in [9.17, 15) is 46.1 Å². The number of ether oxygens (including phenoxy) is 1. The number of allylic oxidation sites excluding steroid dienone is 1. The molecule has 7 nitrogen and oxygen atoms in total. The molecule has 2 aromatic rings. The number of hydrogen-bond donors (Lipinski definition) is 2. The Kier molecular flexibility index (Phi) is 8.95. The van der Waals surface area contributed by atoms with Crippen molar-refractivity contribution in [3.8, 4) is 5.75 Å². The van der Waals surface area contributed by atoms with Crippen molar-refractivity contribution in [1.29, 1.82) is 0 Å². The molecule has 14 heteroatoms. The van der Waals surface area contributed by atoms with Crippen LogP contribution in [-0.2, 0) is 31.3 Å². The van der Waals surface area contributed by atoms with Gasteiger partial charge in [0.25, 0.3) is 0 Å². The normalized spacial score (nSPS) is 24.3. The van der Waals surface area contributed by atoms with E-state index in [1.54, 1.807) is 18.2 Å². The highest BCUT2D eigenvalue weighted by atomic mass is 19.4. The summed E-state index contributed by atoms with van der Waals surface area (Å²) in [6.07, 6.45) is -8.41. The van der Waals surface area contributed by atoms with E-state index in [0.29, 0.717) is 41.0 Å². The van der Waals surface area contributed by atoms with Gasteiger partial charge in [-0.05, 0) is 85.5 Å². The van der Waals surface area contributed by atoms with Gasteiger partial charge >= 0.3 is 19.5 Å². The molecular weight excluding hydrogens is 607 g/mol. The van der Waals surface area contributed by atoms with Crippen molar-refractivity contribution in [2.45, 2.75) is 51.0 Å². The number of anilines is 1. The van der Waals surface area contributed by atoms with Crippen molar-refractivity contribution in [3.05, 3.63) is 75.9 Å². The van der Waals surface area contributed by atoms with Crippen molar-refractivity contribution in [2.75, 3.05) is 18.6 Å². The first-order chi connectivity index (χ1) is 21.1. The smallest absolute Gasteiger partial charge is 0.455 e. The zero-order valence-corrected chi connectivity index (χ0v) is 24.3. The van der Waals surface area contributed by atoms with E-state index in [-0.39, 0.29) is 31.2 Å². The predicted octanol–water partition coefficient (Wildman–Crippen LogP) is 6.26. The van der Waals surface area contributed by atoms with Crippen LogP contribution < -0.4 is 4.90 Å². The number of methoxy groups -OCH3 is 1. The largest absolute Gasteiger partial charge is 0.508 e. The second-order valence-electron chi connectivity index (χ2n) is 11.7. The van der Waals surface area contributed by atoms with Crippen molar-refractivity contribution in [1.82, 2.24) is 0 Å². The number of amides is 2. The number of carbonyl (C=O) groups excluding carboxylic acids is 2. The van der Waals surface area contributed by atoms with Crippen molar-refractivity contribution in [2.24, 2.45) is 17.8 Å². The number of imide groups is 1. The maximum atomic E-state index is 13.8. The van der Waals surface area contributed by atoms with Crippen molar-refractivity contribution < 1.29 is 55.5 Å². The molecule has 2 aromatic carbocycles. The molecule has 2 heterocycles. The molecule has 2 amide bonds. The lowest BCUT2D eigenvalue weighted by Gasteiger charge is -2.43. The van der Waals surface area contributed by atoms with E-state index in [2.05, 4.69) is 0 Å². The first-order valence-corrected chi connectivity index (χ1v) is 14.3. The molecule has 2 N–H and O–H groups in total. The fraction of sp³-hybridized carbons (Fsp3) is 0.419. The van der Waals surface area contributed by atoms with Gasteiger partial charge in [-0.1, -0.05) is 23.8 Å². The van der Waals surface area contributed by atoms with E-state index in [4.69, 9.17) is 9.39 Å². The van der Waals surface area contributed by atoms with Crippen LogP contribution in [0.4, 0.5) is 32.0 Å². The highest BCUT2D eigenvalue weighted by Crippen LogP contribution is 2.52. The van der Waals surface area contributed by atoms with Crippen LogP contribution in [0, 0.1) is 17.8 Å². The van der Waals surface area contributed by atoms with Crippen molar-refractivity contribution >= 4 is 30.7 Å². The molecule has 1 aliphatic carbocycles. The monoisotopic (exact) mass is 637 g/mol. The molecule has 2 fully saturated rings. The summed E-state index contributed by atoms with van der Waals surface area (Å²) in [5.41, 5.74) is -1.11. The molecule has 4 atom stereocenters. The molecule has 240 valence electrons. The third-order valence-corrected chi connectivity index (χ3v) is 8.54. The summed E-state index contributed by atoms with van der Waals surface area (Å²) in [6.45, 7) is 1.93. The van der Waals surface area contributed by atoms with Crippen LogP contribution in [0.5, 0.6) is 5.75 Å². The van der Waals surface area contributed by atoms with Crippen LogP contribution in [0.1, 0.15) is 42.9 Å².